The molecule has 0 radical (unpaired) electrons. The average molecular weight is 401 g/mol. The van der Waals surface area contributed by atoms with E-state index in [1.54, 1.807) is 27.7 Å². The lowest BCUT2D eigenvalue weighted by Crippen LogP contribution is -2.31. The summed E-state index contributed by atoms with van der Waals surface area (Å²) in [5.74, 6) is 1.31. The number of nitrogens with zero attached hydrogens (tertiary/aromatic N) is 4. The van der Waals surface area contributed by atoms with Gasteiger partial charge in [-0.15, -0.1) is 11.8 Å². The van der Waals surface area contributed by atoms with Gasteiger partial charge in [0, 0.05) is 17.8 Å². The molecular formula is C20H21ClN4OS. The van der Waals surface area contributed by atoms with E-state index in [1.165, 1.54) is 6.33 Å². The average Bonchev–Trinajstić information content (AvgIpc) is 3.22. The number of hydrogen-bond donors (Lipinski definition) is 0. The third-order valence-electron chi connectivity index (χ3n) is 4.42. The molecule has 0 aliphatic carbocycles. The van der Waals surface area contributed by atoms with E-state index < -0.39 is 0 Å². The third-order valence-corrected chi connectivity index (χ3v) is 5.64. The lowest BCUT2D eigenvalue weighted by Gasteiger charge is -2.25. The highest BCUT2D eigenvalue weighted by atomic mass is 35.5. The lowest BCUT2D eigenvalue weighted by molar-refractivity contribution is -0.128. The normalized spacial score (nSPS) is 12.0. The summed E-state index contributed by atoms with van der Waals surface area (Å²) in [4.78, 5) is 18.3. The fraction of sp³-hybridized carbons (Fsp3) is 0.250. The van der Waals surface area contributed by atoms with Gasteiger partial charge >= 0.3 is 0 Å². The summed E-state index contributed by atoms with van der Waals surface area (Å²) in [6.45, 7) is 2.03. The maximum absolute atomic E-state index is 12.5. The van der Waals surface area contributed by atoms with E-state index in [9.17, 15) is 4.79 Å². The molecule has 0 aliphatic rings. The van der Waals surface area contributed by atoms with Crippen LogP contribution in [0.1, 0.15) is 24.1 Å². The van der Waals surface area contributed by atoms with Crippen LogP contribution in [-0.2, 0) is 10.5 Å². The predicted octanol–water partition coefficient (Wildman–Crippen LogP) is 4.37. The Morgan fingerprint density at radius 3 is 2.70 bits per heavy atom. The number of aromatic nitrogens is 3. The van der Waals surface area contributed by atoms with E-state index >= 15 is 0 Å². The molecule has 5 nitrogen and oxygen atoms in total. The SMILES string of the molecule is C[C@H](c1ccc(-n2cncn2)cc1)N(C)C(=O)CSCc1cccc(Cl)c1. The molecule has 0 N–H and O–H groups in total. The van der Waals surface area contributed by atoms with E-state index in [2.05, 4.69) is 10.1 Å². The molecule has 140 valence electrons. The summed E-state index contributed by atoms with van der Waals surface area (Å²) in [6.07, 6.45) is 3.16. The number of halogens is 1. The largest absolute Gasteiger partial charge is 0.338 e. The molecule has 3 rings (SSSR count). The van der Waals surface area contributed by atoms with Crippen LogP contribution in [-0.4, -0.2) is 38.4 Å². The van der Waals surface area contributed by atoms with E-state index in [-0.39, 0.29) is 11.9 Å². The van der Waals surface area contributed by atoms with E-state index in [0.717, 1.165) is 27.6 Å². The van der Waals surface area contributed by atoms with Crippen LogP contribution in [0.5, 0.6) is 0 Å². The Balaban J connectivity index is 1.54. The Hall–Kier alpha value is -2.31. The molecule has 1 heterocycles. The van der Waals surface area contributed by atoms with Crippen molar-refractivity contribution < 1.29 is 4.79 Å². The first-order chi connectivity index (χ1) is 13.0. The number of benzene rings is 2. The Kier molecular flexibility index (Phi) is 6.53. The number of hydrogen-bond acceptors (Lipinski definition) is 4. The van der Waals surface area contributed by atoms with Gasteiger partial charge in [0.25, 0.3) is 0 Å². The number of thioether (sulfide) groups is 1. The topological polar surface area (TPSA) is 51.0 Å². The summed E-state index contributed by atoms with van der Waals surface area (Å²) in [5.41, 5.74) is 3.14. The van der Waals surface area contributed by atoms with Gasteiger partial charge < -0.3 is 4.90 Å². The molecule has 7 heteroatoms. The molecule has 0 aliphatic heterocycles. The highest BCUT2D eigenvalue weighted by Crippen LogP contribution is 2.22. The van der Waals surface area contributed by atoms with Crippen LogP contribution in [0, 0.1) is 0 Å². The van der Waals surface area contributed by atoms with Crippen molar-refractivity contribution in [2.24, 2.45) is 0 Å². The molecule has 0 spiro atoms. The van der Waals surface area contributed by atoms with Crippen molar-refractivity contribution in [2.75, 3.05) is 12.8 Å². The molecule has 0 unspecified atom stereocenters. The van der Waals surface area contributed by atoms with Crippen LogP contribution in [0.2, 0.25) is 5.02 Å². The van der Waals surface area contributed by atoms with Crippen molar-refractivity contribution >= 4 is 29.3 Å². The van der Waals surface area contributed by atoms with Crippen LogP contribution < -0.4 is 0 Å². The molecule has 1 aromatic heterocycles. The van der Waals surface area contributed by atoms with E-state index in [1.807, 2.05) is 62.5 Å². The molecule has 2 aromatic carbocycles. The highest BCUT2D eigenvalue weighted by Gasteiger charge is 2.17. The van der Waals surface area contributed by atoms with Gasteiger partial charge in [0.15, 0.2) is 0 Å². The fourth-order valence-corrected chi connectivity index (χ4v) is 3.78. The van der Waals surface area contributed by atoms with E-state index in [4.69, 9.17) is 11.6 Å². The van der Waals surface area contributed by atoms with Crippen LogP contribution in [0.15, 0.2) is 61.2 Å². The first-order valence-corrected chi connectivity index (χ1v) is 10.1. The number of amides is 1. The minimum absolute atomic E-state index is 0.00549. The molecule has 0 fully saturated rings. The van der Waals surface area contributed by atoms with Crippen molar-refractivity contribution in [1.29, 1.82) is 0 Å². The minimum atomic E-state index is -0.00549. The smallest absolute Gasteiger partial charge is 0.232 e. The molecule has 0 bridgehead atoms. The van der Waals surface area contributed by atoms with Crippen LogP contribution in [0.4, 0.5) is 0 Å². The number of carbonyl (C=O) groups excluding carboxylic acids is 1. The molecule has 1 atom stereocenters. The Morgan fingerprint density at radius 1 is 1.26 bits per heavy atom. The van der Waals surface area contributed by atoms with E-state index in [0.29, 0.717) is 5.75 Å². The zero-order chi connectivity index (χ0) is 19.2. The standard InChI is InChI=1S/C20H21ClN4OS/c1-15(17-6-8-19(9-7-17)25-14-22-13-23-25)24(2)20(26)12-27-11-16-4-3-5-18(21)10-16/h3-10,13-15H,11-12H2,1-2H3/t15-/m1/s1. The van der Waals surface area contributed by atoms with Gasteiger partial charge in [-0.05, 0) is 42.3 Å². The van der Waals surface area contributed by atoms with Gasteiger partial charge in [0.2, 0.25) is 5.91 Å². The van der Waals surface area contributed by atoms with Crippen LogP contribution in [0.25, 0.3) is 5.69 Å². The molecular weight excluding hydrogens is 380 g/mol. The van der Waals surface area contributed by atoms with Crippen molar-refractivity contribution in [3.8, 4) is 5.69 Å². The molecule has 27 heavy (non-hydrogen) atoms. The minimum Gasteiger partial charge on any atom is -0.338 e. The zero-order valence-corrected chi connectivity index (χ0v) is 16.8. The summed E-state index contributed by atoms with van der Waals surface area (Å²) < 4.78 is 1.70. The van der Waals surface area contributed by atoms with Crippen molar-refractivity contribution in [2.45, 2.75) is 18.7 Å². The van der Waals surface area contributed by atoms with Crippen molar-refractivity contribution in [3.63, 3.8) is 0 Å². The second-order valence-corrected chi connectivity index (χ2v) is 7.66. The fourth-order valence-electron chi connectivity index (χ4n) is 2.67. The predicted molar refractivity (Wildman–Crippen MR) is 110 cm³/mol. The lowest BCUT2D eigenvalue weighted by atomic mass is 10.1. The third kappa shape index (κ3) is 5.11. The quantitative estimate of drug-likeness (QED) is 0.590. The van der Waals surface area contributed by atoms with Crippen LogP contribution in [0.3, 0.4) is 0 Å². The first kappa shape index (κ1) is 19.5. The Labute approximate surface area is 168 Å². The Bertz CT molecular complexity index is 883. The summed E-state index contributed by atoms with van der Waals surface area (Å²) in [6, 6.07) is 15.7. The summed E-state index contributed by atoms with van der Waals surface area (Å²) in [7, 11) is 1.85. The second-order valence-electron chi connectivity index (χ2n) is 6.23. The van der Waals surface area contributed by atoms with Crippen molar-refractivity contribution in [3.05, 3.63) is 77.3 Å². The maximum Gasteiger partial charge on any atom is 0.232 e. The van der Waals surface area contributed by atoms with Gasteiger partial charge in [-0.1, -0.05) is 35.9 Å². The van der Waals surface area contributed by atoms with Gasteiger partial charge in [0.1, 0.15) is 12.7 Å². The van der Waals surface area contributed by atoms with Gasteiger partial charge in [0.05, 0.1) is 17.5 Å². The van der Waals surface area contributed by atoms with Crippen LogP contribution >= 0.6 is 23.4 Å². The molecule has 1 amide bonds. The highest BCUT2D eigenvalue weighted by molar-refractivity contribution is 7.99. The summed E-state index contributed by atoms with van der Waals surface area (Å²) >= 11 is 7.59. The Morgan fingerprint density at radius 2 is 2.04 bits per heavy atom. The van der Waals surface area contributed by atoms with Crippen molar-refractivity contribution in [1.82, 2.24) is 19.7 Å². The maximum atomic E-state index is 12.5. The number of rotatable bonds is 7. The zero-order valence-electron chi connectivity index (χ0n) is 15.2. The first-order valence-electron chi connectivity index (χ1n) is 8.57. The molecule has 0 saturated carbocycles. The molecule has 3 aromatic rings. The number of carbonyl (C=O) groups is 1. The summed E-state index contributed by atoms with van der Waals surface area (Å²) in [5, 5.41) is 4.84. The van der Waals surface area contributed by atoms with Gasteiger partial charge in [-0.2, -0.15) is 5.10 Å². The monoisotopic (exact) mass is 400 g/mol. The van der Waals surface area contributed by atoms with Gasteiger partial charge in [-0.25, -0.2) is 9.67 Å². The second kappa shape index (κ2) is 9.06. The molecule has 0 saturated heterocycles. The van der Waals surface area contributed by atoms with Gasteiger partial charge in [-0.3, -0.25) is 4.79 Å².